The number of hydrogen-bond acceptors (Lipinski definition) is 4. The van der Waals surface area contributed by atoms with E-state index in [-0.39, 0.29) is 5.69 Å². The molecule has 1 aliphatic rings. The molecule has 2 aromatic heterocycles. The second kappa shape index (κ2) is 8.84. The highest BCUT2D eigenvalue weighted by Crippen LogP contribution is 2.09. The van der Waals surface area contributed by atoms with E-state index in [2.05, 4.69) is 38.2 Å². The average molecular weight is 363 g/mol. The number of nitrogens with zero attached hydrogens (tertiary/aromatic N) is 4. The maximum absolute atomic E-state index is 12.3. The molecule has 0 atom stereocenters. The van der Waals surface area contributed by atoms with Crippen molar-refractivity contribution in [2.24, 2.45) is 4.99 Å². The fourth-order valence-electron chi connectivity index (χ4n) is 3.01. The summed E-state index contributed by atoms with van der Waals surface area (Å²) in [5.74, 6) is 1.74. The van der Waals surface area contributed by atoms with Crippen LogP contribution < -0.4 is 16.3 Å². The zero-order valence-corrected chi connectivity index (χ0v) is 15.5. The number of hydrogen-bond donors (Lipinski definition) is 2. The topological polar surface area (TPSA) is 76.2 Å². The van der Waals surface area contributed by atoms with Crippen LogP contribution in [0, 0.1) is 0 Å². The third kappa shape index (κ3) is 4.72. The lowest BCUT2D eigenvalue weighted by molar-refractivity contribution is 0.509. The summed E-state index contributed by atoms with van der Waals surface area (Å²) in [4.78, 5) is 17.9. The molecule has 2 N–H and O–H groups in total. The number of fused-ring (bicyclic) bond motifs is 1. The number of aryl methyl sites for hydroxylation is 2. The fraction of sp³-hybridized carbons (Fsp3) is 0.588. The van der Waals surface area contributed by atoms with Gasteiger partial charge in [-0.2, -0.15) is 5.10 Å². The molecule has 25 heavy (non-hydrogen) atoms. The lowest BCUT2D eigenvalue weighted by Gasteiger charge is -2.11. The standard InChI is InChI=1S/C17H26N6OS/c1-18-16(20-10-8-14-6-4-13-25-14)19-9-5-12-23-17(24)22-11-3-2-7-15(22)21-23/h4,6,13H,2-3,5,7-12H2,1H3,(H2,18,19,20). The van der Waals surface area contributed by atoms with Gasteiger partial charge in [0.25, 0.3) is 0 Å². The van der Waals surface area contributed by atoms with Gasteiger partial charge in [-0.3, -0.25) is 9.56 Å². The van der Waals surface area contributed by atoms with Gasteiger partial charge in [0, 0.05) is 44.5 Å². The first-order valence-electron chi connectivity index (χ1n) is 8.91. The monoisotopic (exact) mass is 362 g/mol. The second-order valence-corrected chi connectivity index (χ2v) is 7.17. The zero-order valence-electron chi connectivity index (χ0n) is 14.7. The smallest absolute Gasteiger partial charge is 0.345 e. The van der Waals surface area contributed by atoms with Crippen LogP contribution in [0.2, 0.25) is 0 Å². The molecule has 0 fully saturated rings. The number of thiophene rings is 1. The number of aromatic nitrogens is 3. The number of nitrogens with one attached hydrogen (secondary N) is 2. The lowest BCUT2D eigenvalue weighted by atomic mass is 10.2. The van der Waals surface area contributed by atoms with Crippen LogP contribution in [0.3, 0.4) is 0 Å². The van der Waals surface area contributed by atoms with Crippen LogP contribution in [0.4, 0.5) is 0 Å². The highest BCUT2D eigenvalue weighted by Gasteiger charge is 2.16. The van der Waals surface area contributed by atoms with Crippen LogP contribution in [-0.4, -0.2) is 40.4 Å². The largest absolute Gasteiger partial charge is 0.356 e. The molecule has 0 radical (unpaired) electrons. The van der Waals surface area contributed by atoms with Crippen LogP contribution in [-0.2, 0) is 25.9 Å². The van der Waals surface area contributed by atoms with Gasteiger partial charge in [-0.25, -0.2) is 9.48 Å². The van der Waals surface area contributed by atoms with E-state index in [1.54, 1.807) is 23.1 Å². The molecular formula is C17H26N6OS. The Labute approximate surface area is 151 Å². The molecule has 2 aromatic rings. The molecule has 8 heteroatoms. The number of aliphatic imine (C=N–C) groups is 1. The summed E-state index contributed by atoms with van der Waals surface area (Å²) in [6.07, 6.45) is 4.95. The van der Waals surface area contributed by atoms with Crippen LogP contribution in [0.25, 0.3) is 0 Å². The molecule has 0 spiro atoms. The molecule has 7 nitrogen and oxygen atoms in total. The van der Waals surface area contributed by atoms with E-state index in [1.807, 2.05) is 4.57 Å². The number of guanidine groups is 1. The van der Waals surface area contributed by atoms with Crippen molar-refractivity contribution in [2.45, 2.75) is 45.2 Å². The average Bonchev–Trinajstić information content (AvgIpc) is 3.26. The quantitative estimate of drug-likeness (QED) is 0.441. The van der Waals surface area contributed by atoms with Gasteiger partial charge in [0.2, 0.25) is 0 Å². The van der Waals surface area contributed by atoms with Crippen molar-refractivity contribution in [1.29, 1.82) is 0 Å². The van der Waals surface area contributed by atoms with Gasteiger partial charge in [-0.05, 0) is 37.1 Å². The Bertz CT molecular complexity index is 746. The van der Waals surface area contributed by atoms with Crippen LogP contribution in [0.1, 0.15) is 30.0 Å². The minimum Gasteiger partial charge on any atom is -0.356 e. The maximum atomic E-state index is 12.3. The third-order valence-corrected chi connectivity index (χ3v) is 5.27. The van der Waals surface area contributed by atoms with E-state index in [0.717, 1.165) is 63.5 Å². The predicted molar refractivity (Wildman–Crippen MR) is 101 cm³/mol. The molecule has 0 unspecified atom stereocenters. The van der Waals surface area contributed by atoms with Crippen LogP contribution in [0.15, 0.2) is 27.3 Å². The molecule has 3 heterocycles. The van der Waals surface area contributed by atoms with Crippen molar-refractivity contribution in [3.8, 4) is 0 Å². The molecule has 0 saturated carbocycles. The van der Waals surface area contributed by atoms with Crippen molar-refractivity contribution in [1.82, 2.24) is 25.0 Å². The normalized spacial score (nSPS) is 14.4. The van der Waals surface area contributed by atoms with E-state index in [0.29, 0.717) is 6.54 Å². The van der Waals surface area contributed by atoms with Crippen molar-refractivity contribution in [3.05, 3.63) is 38.7 Å². The summed E-state index contributed by atoms with van der Waals surface area (Å²) in [5.41, 5.74) is 0.0353. The highest BCUT2D eigenvalue weighted by molar-refractivity contribution is 7.09. The Balaban J connectivity index is 1.38. The molecule has 0 aromatic carbocycles. The van der Waals surface area contributed by atoms with Gasteiger partial charge in [0.15, 0.2) is 5.96 Å². The Kier molecular flexibility index (Phi) is 6.27. The first kappa shape index (κ1) is 17.7. The van der Waals surface area contributed by atoms with Crippen molar-refractivity contribution >= 4 is 17.3 Å². The third-order valence-electron chi connectivity index (χ3n) is 4.34. The lowest BCUT2D eigenvalue weighted by Crippen LogP contribution is -2.39. The van der Waals surface area contributed by atoms with E-state index >= 15 is 0 Å². The molecule has 0 amide bonds. The van der Waals surface area contributed by atoms with E-state index in [9.17, 15) is 4.79 Å². The van der Waals surface area contributed by atoms with Crippen LogP contribution in [0.5, 0.6) is 0 Å². The summed E-state index contributed by atoms with van der Waals surface area (Å²) in [5, 5.41) is 13.2. The Morgan fingerprint density at radius 3 is 3.00 bits per heavy atom. The summed E-state index contributed by atoms with van der Waals surface area (Å²) in [7, 11) is 1.77. The van der Waals surface area contributed by atoms with Crippen molar-refractivity contribution < 1.29 is 0 Å². The summed E-state index contributed by atoms with van der Waals surface area (Å²) >= 11 is 1.77. The predicted octanol–water partition coefficient (Wildman–Crippen LogP) is 1.24. The molecular weight excluding hydrogens is 336 g/mol. The SMILES string of the molecule is CN=C(NCCCn1nc2n(c1=O)CCCC2)NCCc1cccs1. The fourth-order valence-corrected chi connectivity index (χ4v) is 3.72. The molecule has 0 saturated heterocycles. The number of rotatable bonds is 7. The molecule has 0 aliphatic carbocycles. The Morgan fingerprint density at radius 2 is 2.24 bits per heavy atom. The first-order chi connectivity index (χ1) is 12.3. The summed E-state index contributed by atoms with van der Waals surface area (Å²) in [6, 6.07) is 4.22. The first-order valence-corrected chi connectivity index (χ1v) is 9.79. The minimum atomic E-state index is 0.0353. The second-order valence-electron chi connectivity index (χ2n) is 6.14. The molecule has 0 bridgehead atoms. The molecule has 3 rings (SSSR count). The molecule has 1 aliphatic heterocycles. The van der Waals surface area contributed by atoms with Gasteiger partial charge < -0.3 is 10.6 Å². The Morgan fingerprint density at radius 1 is 1.36 bits per heavy atom. The van der Waals surface area contributed by atoms with Gasteiger partial charge in [-0.15, -0.1) is 11.3 Å². The Hall–Kier alpha value is -2.09. The van der Waals surface area contributed by atoms with E-state index in [1.165, 1.54) is 4.88 Å². The summed E-state index contributed by atoms with van der Waals surface area (Å²) < 4.78 is 3.43. The minimum absolute atomic E-state index is 0.0353. The van der Waals surface area contributed by atoms with Crippen molar-refractivity contribution in [2.75, 3.05) is 20.1 Å². The maximum Gasteiger partial charge on any atom is 0.345 e. The summed E-state index contributed by atoms with van der Waals surface area (Å²) in [6.45, 7) is 3.06. The highest BCUT2D eigenvalue weighted by atomic mass is 32.1. The van der Waals surface area contributed by atoms with E-state index in [4.69, 9.17) is 0 Å². The van der Waals surface area contributed by atoms with Gasteiger partial charge in [0.1, 0.15) is 5.82 Å². The van der Waals surface area contributed by atoms with Gasteiger partial charge in [0.05, 0.1) is 0 Å². The van der Waals surface area contributed by atoms with Crippen molar-refractivity contribution in [3.63, 3.8) is 0 Å². The van der Waals surface area contributed by atoms with Gasteiger partial charge >= 0.3 is 5.69 Å². The van der Waals surface area contributed by atoms with Gasteiger partial charge in [-0.1, -0.05) is 6.07 Å². The molecule has 136 valence electrons. The van der Waals surface area contributed by atoms with E-state index < -0.39 is 0 Å². The van der Waals surface area contributed by atoms with Crippen LogP contribution >= 0.6 is 11.3 Å². The zero-order chi connectivity index (χ0) is 17.5.